The van der Waals surface area contributed by atoms with Gasteiger partial charge in [-0.25, -0.2) is 9.59 Å². The van der Waals surface area contributed by atoms with Crippen molar-refractivity contribution in [2.45, 2.75) is 18.4 Å². The minimum absolute atomic E-state index is 0.0655. The molecule has 0 aromatic heterocycles. The van der Waals surface area contributed by atoms with Gasteiger partial charge < -0.3 is 9.84 Å². The molecule has 1 unspecified atom stereocenters. The number of aliphatic carboxylic acids is 1. The number of carbonyl (C=O) groups excluding carboxylic acids is 1. The largest absolute Gasteiger partial charge is 0.480 e. The zero-order valence-corrected chi connectivity index (χ0v) is 19.2. The number of likely N-dealkylation sites (N-methyl/N-ethyl adjacent to an activating group) is 1. The Morgan fingerprint density at radius 3 is 2.06 bits per heavy atom. The van der Waals surface area contributed by atoms with Gasteiger partial charge in [0.15, 0.2) is 0 Å². The van der Waals surface area contributed by atoms with E-state index in [4.69, 9.17) is 4.74 Å². The number of amides is 1. The van der Waals surface area contributed by atoms with E-state index in [0.717, 1.165) is 31.4 Å². The number of carboxylic acids is 1. The first-order valence-corrected chi connectivity index (χ1v) is 11.1. The second kappa shape index (κ2) is 9.09. The van der Waals surface area contributed by atoms with Crippen LogP contribution in [0.25, 0.3) is 11.1 Å². The zero-order chi connectivity index (χ0) is 22.0. The minimum Gasteiger partial charge on any atom is -0.480 e. The lowest BCUT2D eigenvalue weighted by atomic mass is 9.98. The Morgan fingerprint density at radius 2 is 1.52 bits per heavy atom. The Balaban J connectivity index is 1.47. The first-order chi connectivity index (χ1) is 15.0. The van der Waals surface area contributed by atoms with Gasteiger partial charge in [-0.1, -0.05) is 60.7 Å². The van der Waals surface area contributed by atoms with E-state index in [1.807, 2.05) is 60.7 Å². The summed E-state index contributed by atoms with van der Waals surface area (Å²) < 4.78 is 6.68. The number of benzene rings is 3. The third-order valence-electron chi connectivity index (χ3n) is 5.72. The number of halogens is 1. The number of rotatable bonds is 6. The predicted octanol–water partition coefficient (Wildman–Crippen LogP) is 5.17. The van der Waals surface area contributed by atoms with Crippen molar-refractivity contribution in [3.63, 3.8) is 0 Å². The number of hydrogen-bond donors (Lipinski definition) is 1. The van der Waals surface area contributed by atoms with Crippen LogP contribution in [0.3, 0.4) is 0 Å². The molecule has 1 N–H and O–H groups in total. The summed E-state index contributed by atoms with van der Waals surface area (Å²) in [5, 5.41) is 9.70. The standard InChI is InChI=1S/C25H22INO4/c1-27(23(24(28)29)14-16-10-12-17(26)13-11-16)25(30)31-15-22-20-8-4-2-6-18(20)19-7-3-5-9-21(19)22/h2-13,22-23H,14-15H2,1H3,(H,28,29). The van der Waals surface area contributed by atoms with Gasteiger partial charge in [0.05, 0.1) is 0 Å². The molecular weight excluding hydrogens is 505 g/mol. The monoisotopic (exact) mass is 527 g/mol. The molecule has 0 radical (unpaired) electrons. The number of nitrogens with zero attached hydrogens (tertiary/aromatic N) is 1. The van der Waals surface area contributed by atoms with Crippen LogP contribution in [0, 0.1) is 3.57 Å². The molecule has 31 heavy (non-hydrogen) atoms. The molecule has 0 aliphatic heterocycles. The average molecular weight is 527 g/mol. The maximum atomic E-state index is 12.8. The van der Waals surface area contributed by atoms with Gasteiger partial charge in [-0.15, -0.1) is 0 Å². The van der Waals surface area contributed by atoms with E-state index in [-0.39, 0.29) is 18.9 Å². The maximum Gasteiger partial charge on any atom is 0.410 e. The number of ether oxygens (including phenoxy) is 1. The molecule has 3 aromatic rings. The van der Waals surface area contributed by atoms with Crippen LogP contribution in [0.2, 0.25) is 0 Å². The quantitative estimate of drug-likeness (QED) is 0.450. The number of carbonyl (C=O) groups is 2. The fraction of sp³-hybridized carbons (Fsp3) is 0.200. The lowest BCUT2D eigenvalue weighted by molar-refractivity contribution is -0.142. The molecule has 0 spiro atoms. The third-order valence-corrected chi connectivity index (χ3v) is 6.44. The van der Waals surface area contributed by atoms with Gasteiger partial charge in [0.1, 0.15) is 12.6 Å². The van der Waals surface area contributed by atoms with Gasteiger partial charge in [-0.05, 0) is 62.5 Å². The van der Waals surface area contributed by atoms with Gasteiger partial charge >= 0.3 is 12.1 Å². The average Bonchev–Trinajstić information content (AvgIpc) is 3.10. The maximum absolute atomic E-state index is 12.8. The summed E-state index contributed by atoms with van der Waals surface area (Å²) in [5.41, 5.74) is 5.39. The van der Waals surface area contributed by atoms with Crippen molar-refractivity contribution in [3.05, 3.63) is 93.1 Å². The normalized spacial score (nSPS) is 13.2. The SMILES string of the molecule is CN(C(=O)OCC1c2ccccc2-c2ccccc21)C(Cc1ccc(I)cc1)C(=O)O. The molecule has 3 aromatic carbocycles. The summed E-state index contributed by atoms with van der Waals surface area (Å²) in [6, 6.07) is 22.8. The summed E-state index contributed by atoms with van der Waals surface area (Å²) in [5.74, 6) is -1.13. The lowest BCUT2D eigenvalue weighted by Gasteiger charge is -2.25. The molecule has 0 fully saturated rings. The van der Waals surface area contributed by atoms with Crippen LogP contribution in [-0.2, 0) is 16.0 Å². The Hall–Kier alpha value is -2.87. The van der Waals surface area contributed by atoms with Crippen LogP contribution >= 0.6 is 22.6 Å². The highest BCUT2D eigenvalue weighted by molar-refractivity contribution is 14.1. The smallest absolute Gasteiger partial charge is 0.410 e. The van der Waals surface area contributed by atoms with Crippen molar-refractivity contribution in [3.8, 4) is 11.1 Å². The van der Waals surface area contributed by atoms with Gasteiger partial charge in [-0.3, -0.25) is 4.90 Å². The van der Waals surface area contributed by atoms with Crippen molar-refractivity contribution in [2.24, 2.45) is 0 Å². The molecule has 158 valence electrons. The lowest BCUT2D eigenvalue weighted by Crippen LogP contribution is -2.44. The summed E-state index contributed by atoms with van der Waals surface area (Å²) in [6.07, 6.45) is -0.424. The first-order valence-electron chi connectivity index (χ1n) is 10.0. The van der Waals surface area contributed by atoms with Gasteiger partial charge in [0.2, 0.25) is 0 Å². The van der Waals surface area contributed by atoms with Crippen LogP contribution in [-0.4, -0.2) is 41.8 Å². The molecule has 6 heteroatoms. The topological polar surface area (TPSA) is 66.8 Å². The van der Waals surface area contributed by atoms with Gasteiger partial charge in [0.25, 0.3) is 0 Å². The number of hydrogen-bond acceptors (Lipinski definition) is 3. The Kier molecular flexibility index (Phi) is 6.27. The van der Waals surface area contributed by atoms with E-state index in [1.165, 1.54) is 11.9 Å². The van der Waals surface area contributed by atoms with Crippen LogP contribution in [0.1, 0.15) is 22.6 Å². The van der Waals surface area contributed by atoms with Crippen LogP contribution in [0.5, 0.6) is 0 Å². The third kappa shape index (κ3) is 4.44. The fourth-order valence-corrected chi connectivity index (χ4v) is 4.42. The molecule has 4 rings (SSSR count). The molecule has 1 amide bonds. The molecule has 0 saturated heterocycles. The van der Waals surface area contributed by atoms with Crippen molar-refractivity contribution in [1.29, 1.82) is 0 Å². The van der Waals surface area contributed by atoms with E-state index in [9.17, 15) is 14.7 Å². The Morgan fingerprint density at radius 1 is 0.968 bits per heavy atom. The van der Waals surface area contributed by atoms with Crippen molar-refractivity contribution in [1.82, 2.24) is 4.90 Å². The van der Waals surface area contributed by atoms with Gasteiger partial charge in [-0.2, -0.15) is 0 Å². The van der Waals surface area contributed by atoms with E-state index in [2.05, 4.69) is 34.7 Å². The zero-order valence-electron chi connectivity index (χ0n) is 17.0. The molecule has 1 aliphatic carbocycles. The molecule has 1 atom stereocenters. The number of carboxylic acid groups (broad SMARTS) is 1. The summed E-state index contributed by atoms with van der Waals surface area (Å²) in [7, 11) is 1.48. The minimum atomic E-state index is -1.06. The highest BCUT2D eigenvalue weighted by Crippen LogP contribution is 2.44. The van der Waals surface area contributed by atoms with Crippen molar-refractivity contribution in [2.75, 3.05) is 13.7 Å². The summed E-state index contributed by atoms with van der Waals surface area (Å²) in [4.78, 5) is 25.8. The van der Waals surface area contributed by atoms with E-state index in [1.54, 1.807) is 0 Å². The van der Waals surface area contributed by atoms with E-state index >= 15 is 0 Å². The van der Waals surface area contributed by atoms with E-state index in [0.29, 0.717) is 0 Å². The molecule has 1 aliphatic rings. The molecule has 0 bridgehead atoms. The molecule has 0 saturated carbocycles. The predicted molar refractivity (Wildman–Crippen MR) is 127 cm³/mol. The number of fused-ring (bicyclic) bond motifs is 3. The molecular formula is C25H22INO4. The van der Waals surface area contributed by atoms with Gasteiger partial charge in [0, 0.05) is 23.0 Å². The highest BCUT2D eigenvalue weighted by Gasteiger charge is 2.32. The van der Waals surface area contributed by atoms with Crippen LogP contribution in [0.15, 0.2) is 72.8 Å². The fourth-order valence-electron chi connectivity index (χ4n) is 4.06. The molecule has 5 nitrogen and oxygen atoms in total. The van der Waals surface area contributed by atoms with Crippen molar-refractivity contribution < 1.29 is 19.4 Å². The highest BCUT2D eigenvalue weighted by atomic mass is 127. The van der Waals surface area contributed by atoms with Crippen LogP contribution < -0.4 is 0 Å². The molecule has 0 heterocycles. The van der Waals surface area contributed by atoms with Crippen LogP contribution in [0.4, 0.5) is 4.79 Å². The van der Waals surface area contributed by atoms with Crippen molar-refractivity contribution >= 4 is 34.7 Å². The summed E-state index contributed by atoms with van der Waals surface area (Å²) >= 11 is 2.20. The second-order valence-electron chi connectivity index (χ2n) is 7.60. The van der Waals surface area contributed by atoms with E-state index < -0.39 is 18.1 Å². The Bertz CT molecular complexity index is 1070. The Labute approximate surface area is 194 Å². The first kappa shape index (κ1) is 21.4. The summed E-state index contributed by atoms with van der Waals surface area (Å²) in [6.45, 7) is 0.160. The second-order valence-corrected chi connectivity index (χ2v) is 8.85.